The van der Waals surface area contributed by atoms with Crippen LogP contribution in [0.2, 0.25) is 0 Å². The van der Waals surface area contributed by atoms with Gasteiger partial charge in [-0.05, 0) is 18.3 Å². The van der Waals surface area contributed by atoms with Crippen LogP contribution >= 0.6 is 12.2 Å². The maximum atomic E-state index is 12.8. The molecule has 0 unspecified atom stereocenters. The first kappa shape index (κ1) is 16.3. The predicted octanol–water partition coefficient (Wildman–Crippen LogP) is 2.39. The molecule has 24 heavy (non-hydrogen) atoms. The number of methoxy groups -OCH3 is 1. The van der Waals surface area contributed by atoms with Crippen LogP contribution in [0.4, 0.5) is 5.69 Å². The topological polar surface area (TPSA) is 67.4 Å². The van der Waals surface area contributed by atoms with E-state index in [0.29, 0.717) is 46.2 Å². The summed E-state index contributed by atoms with van der Waals surface area (Å²) >= 11 is 5.23. The SMILES string of the molecule is COCCNC(=S)Nc1cccc2c1C(=O)c1ccccc1C2=O. The van der Waals surface area contributed by atoms with Gasteiger partial charge in [-0.2, -0.15) is 0 Å². The lowest BCUT2D eigenvalue weighted by atomic mass is 9.83. The third-order valence-electron chi connectivity index (χ3n) is 3.79. The summed E-state index contributed by atoms with van der Waals surface area (Å²) in [6, 6.07) is 12.0. The average molecular weight is 340 g/mol. The summed E-state index contributed by atoms with van der Waals surface area (Å²) in [6.45, 7) is 1.06. The standard InChI is InChI=1S/C18H16N2O3S/c1-23-10-9-19-18(24)20-14-8-4-7-13-15(14)17(22)12-6-3-2-5-11(12)16(13)21/h2-8H,9-10H2,1H3,(H2,19,20,24). The van der Waals surface area contributed by atoms with Gasteiger partial charge in [0.1, 0.15) is 0 Å². The number of carbonyl (C=O) groups excluding carboxylic acids is 2. The second-order valence-electron chi connectivity index (χ2n) is 5.31. The highest BCUT2D eigenvalue weighted by molar-refractivity contribution is 7.80. The van der Waals surface area contributed by atoms with Crippen LogP contribution in [0.3, 0.4) is 0 Å². The highest BCUT2D eigenvalue weighted by Crippen LogP contribution is 2.31. The first-order valence-electron chi connectivity index (χ1n) is 7.48. The fraction of sp³-hybridized carbons (Fsp3) is 0.167. The first-order valence-corrected chi connectivity index (χ1v) is 7.89. The van der Waals surface area contributed by atoms with E-state index in [1.54, 1.807) is 49.6 Å². The Kier molecular flexibility index (Phi) is 4.69. The van der Waals surface area contributed by atoms with Crippen molar-refractivity contribution in [3.63, 3.8) is 0 Å². The molecular formula is C18H16N2O3S. The number of ether oxygens (including phenoxy) is 1. The molecule has 0 amide bonds. The smallest absolute Gasteiger partial charge is 0.196 e. The fourth-order valence-corrected chi connectivity index (χ4v) is 2.89. The van der Waals surface area contributed by atoms with Crippen LogP contribution in [-0.2, 0) is 4.74 Å². The molecule has 0 aromatic heterocycles. The van der Waals surface area contributed by atoms with Crippen molar-refractivity contribution < 1.29 is 14.3 Å². The summed E-state index contributed by atoms with van der Waals surface area (Å²) in [5, 5.41) is 6.36. The number of hydrogen-bond donors (Lipinski definition) is 2. The zero-order valence-electron chi connectivity index (χ0n) is 13.1. The Hall–Kier alpha value is -2.57. The van der Waals surface area contributed by atoms with Crippen LogP contribution in [0.25, 0.3) is 0 Å². The lowest BCUT2D eigenvalue weighted by Gasteiger charge is -2.21. The Morgan fingerprint density at radius 1 is 1.00 bits per heavy atom. The van der Waals surface area contributed by atoms with Crippen molar-refractivity contribution in [1.29, 1.82) is 0 Å². The average Bonchev–Trinajstić information content (AvgIpc) is 2.60. The third-order valence-corrected chi connectivity index (χ3v) is 4.04. The summed E-state index contributed by atoms with van der Waals surface area (Å²) < 4.78 is 4.95. The monoisotopic (exact) mass is 340 g/mol. The van der Waals surface area contributed by atoms with Gasteiger partial charge < -0.3 is 15.4 Å². The molecule has 2 aromatic carbocycles. The van der Waals surface area contributed by atoms with Crippen LogP contribution in [0.1, 0.15) is 31.8 Å². The molecule has 0 heterocycles. The van der Waals surface area contributed by atoms with Gasteiger partial charge in [0.2, 0.25) is 0 Å². The van der Waals surface area contributed by atoms with Crippen molar-refractivity contribution >= 4 is 34.6 Å². The maximum absolute atomic E-state index is 12.8. The molecule has 1 aliphatic rings. The quantitative estimate of drug-likeness (QED) is 0.561. The zero-order chi connectivity index (χ0) is 17.1. The molecular weight excluding hydrogens is 324 g/mol. The highest BCUT2D eigenvalue weighted by atomic mass is 32.1. The molecule has 0 saturated carbocycles. The van der Waals surface area contributed by atoms with E-state index in [1.165, 1.54) is 0 Å². The van der Waals surface area contributed by atoms with Crippen molar-refractivity contribution in [2.75, 3.05) is 25.6 Å². The minimum Gasteiger partial charge on any atom is -0.383 e. The molecule has 0 fully saturated rings. The summed E-state index contributed by atoms with van der Waals surface area (Å²) in [5.41, 5.74) is 2.13. The highest BCUT2D eigenvalue weighted by Gasteiger charge is 2.31. The Bertz CT molecular complexity index is 833. The van der Waals surface area contributed by atoms with Crippen molar-refractivity contribution in [2.45, 2.75) is 0 Å². The number of carbonyl (C=O) groups is 2. The molecule has 0 spiro atoms. The number of rotatable bonds is 4. The van der Waals surface area contributed by atoms with Crippen molar-refractivity contribution in [3.8, 4) is 0 Å². The lowest BCUT2D eigenvalue weighted by molar-refractivity contribution is 0.0979. The molecule has 2 aromatic rings. The van der Waals surface area contributed by atoms with Gasteiger partial charge in [-0.15, -0.1) is 0 Å². The van der Waals surface area contributed by atoms with E-state index in [4.69, 9.17) is 17.0 Å². The van der Waals surface area contributed by atoms with Crippen molar-refractivity contribution in [2.24, 2.45) is 0 Å². The molecule has 5 nitrogen and oxygen atoms in total. The minimum absolute atomic E-state index is 0.151. The molecule has 0 saturated heterocycles. The predicted molar refractivity (Wildman–Crippen MR) is 95.8 cm³/mol. The third kappa shape index (κ3) is 2.93. The Morgan fingerprint density at radius 2 is 1.67 bits per heavy atom. The van der Waals surface area contributed by atoms with Crippen LogP contribution in [0.5, 0.6) is 0 Å². The summed E-state index contributed by atoms with van der Waals surface area (Å²) in [6.07, 6.45) is 0. The van der Waals surface area contributed by atoms with Gasteiger partial charge in [0.05, 0.1) is 17.9 Å². The van der Waals surface area contributed by atoms with E-state index in [9.17, 15) is 9.59 Å². The van der Waals surface area contributed by atoms with Gasteiger partial charge in [-0.1, -0.05) is 36.4 Å². The van der Waals surface area contributed by atoms with Gasteiger partial charge in [0.25, 0.3) is 0 Å². The normalized spacial score (nSPS) is 12.4. The minimum atomic E-state index is -0.178. The number of fused-ring (bicyclic) bond motifs is 2. The molecule has 122 valence electrons. The van der Waals surface area contributed by atoms with Crippen LogP contribution in [-0.4, -0.2) is 36.9 Å². The summed E-state index contributed by atoms with van der Waals surface area (Å²) in [5.74, 6) is -0.329. The Morgan fingerprint density at radius 3 is 2.38 bits per heavy atom. The van der Waals surface area contributed by atoms with E-state index < -0.39 is 0 Å². The number of ketones is 2. The van der Waals surface area contributed by atoms with Gasteiger partial charge in [-0.3, -0.25) is 9.59 Å². The first-order chi connectivity index (χ1) is 11.6. The van der Waals surface area contributed by atoms with Gasteiger partial charge >= 0.3 is 0 Å². The van der Waals surface area contributed by atoms with Gasteiger partial charge in [0.15, 0.2) is 16.7 Å². The van der Waals surface area contributed by atoms with E-state index in [2.05, 4.69) is 10.6 Å². The number of nitrogens with one attached hydrogen (secondary N) is 2. The number of benzene rings is 2. The Labute approximate surface area is 145 Å². The van der Waals surface area contributed by atoms with Gasteiger partial charge in [-0.25, -0.2) is 0 Å². The fourth-order valence-electron chi connectivity index (χ4n) is 2.68. The molecule has 3 rings (SSSR count). The van der Waals surface area contributed by atoms with E-state index in [1.807, 2.05) is 0 Å². The lowest BCUT2D eigenvalue weighted by Crippen LogP contribution is -2.32. The summed E-state index contributed by atoms with van der Waals surface area (Å²) in [4.78, 5) is 25.5. The molecule has 6 heteroatoms. The molecule has 0 radical (unpaired) electrons. The van der Waals surface area contributed by atoms with E-state index in [0.717, 1.165) is 0 Å². The largest absolute Gasteiger partial charge is 0.383 e. The van der Waals surface area contributed by atoms with Gasteiger partial charge in [0, 0.05) is 30.3 Å². The van der Waals surface area contributed by atoms with Crippen LogP contribution < -0.4 is 10.6 Å². The number of thiocarbonyl (C=S) groups is 1. The zero-order valence-corrected chi connectivity index (χ0v) is 13.9. The van der Waals surface area contributed by atoms with Crippen LogP contribution in [0.15, 0.2) is 42.5 Å². The molecule has 2 N–H and O–H groups in total. The second kappa shape index (κ2) is 6.90. The van der Waals surface area contributed by atoms with E-state index >= 15 is 0 Å². The molecule has 0 aliphatic heterocycles. The van der Waals surface area contributed by atoms with E-state index in [-0.39, 0.29) is 11.6 Å². The number of hydrogen-bond acceptors (Lipinski definition) is 4. The van der Waals surface area contributed by atoms with Crippen LogP contribution in [0, 0.1) is 0 Å². The summed E-state index contributed by atoms with van der Waals surface area (Å²) in [7, 11) is 1.60. The molecule has 1 aliphatic carbocycles. The molecule has 0 bridgehead atoms. The second-order valence-corrected chi connectivity index (χ2v) is 5.71. The molecule has 0 atom stereocenters. The van der Waals surface area contributed by atoms with Crippen molar-refractivity contribution in [1.82, 2.24) is 5.32 Å². The van der Waals surface area contributed by atoms with Crippen molar-refractivity contribution in [3.05, 3.63) is 64.7 Å². The Balaban J connectivity index is 1.94. The number of anilines is 1. The maximum Gasteiger partial charge on any atom is 0.196 e.